The second-order valence-electron chi connectivity index (χ2n) is 9.78. The van der Waals surface area contributed by atoms with E-state index >= 15 is 0 Å². The molecule has 208 valence electrons. The van der Waals surface area contributed by atoms with Crippen molar-refractivity contribution in [3.63, 3.8) is 0 Å². The summed E-state index contributed by atoms with van der Waals surface area (Å²) in [4.78, 5) is 17.1. The summed E-state index contributed by atoms with van der Waals surface area (Å²) in [6.07, 6.45) is -4.56. The Hall–Kier alpha value is -4.27. The van der Waals surface area contributed by atoms with Gasteiger partial charge in [0.2, 0.25) is 0 Å². The molecule has 3 aromatic rings. The highest BCUT2D eigenvalue weighted by atomic mass is 19.4. The van der Waals surface area contributed by atoms with Crippen molar-refractivity contribution in [2.24, 2.45) is 0 Å². The number of benzene rings is 2. The lowest BCUT2D eigenvalue weighted by atomic mass is 10.0. The molecule has 1 saturated heterocycles. The van der Waals surface area contributed by atoms with Gasteiger partial charge in [-0.15, -0.1) is 0 Å². The van der Waals surface area contributed by atoms with Crippen molar-refractivity contribution in [2.75, 3.05) is 38.5 Å². The molecule has 1 fully saturated rings. The molecule has 1 aliphatic heterocycles. The monoisotopic (exact) mass is 549 g/mol. The molecule has 0 radical (unpaired) electrons. The molecule has 11 heteroatoms. The van der Waals surface area contributed by atoms with Gasteiger partial charge in [0, 0.05) is 49.5 Å². The number of amides is 1. The summed E-state index contributed by atoms with van der Waals surface area (Å²) >= 11 is 0. The SMILES string of the molecule is CC(=N)n1nc(C#Cc2cc(C(=O)Nc3ccc(CN4CCN(C)CC4)c(C(F)(F)F)c3)ccc2C)ccc1=N. The number of carbonyl (C=O) groups excluding carboxylic acids is 1. The zero-order valence-corrected chi connectivity index (χ0v) is 22.5. The lowest BCUT2D eigenvalue weighted by Crippen LogP contribution is -2.44. The molecule has 0 bridgehead atoms. The summed E-state index contributed by atoms with van der Waals surface area (Å²) in [5.74, 6) is 5.35. The fourth-order valence-electron chi connectivity index (χ4n) is 4.28. The smallest absolute Gasteiger partial charge is 0.322 e. The highest BCUT2D eigenvalue weighted by Gasteiger charge is 2.34. The Labute approximate surface area is 230 Å². The average Bonchev–Trinajstić information content (AvgIpc) is 2.90. The molecule has 1 aliphatic rings. The van der Waals surface area contributed by atoms with E-state index in [9.17, 15) is 18.0 Å². The fraction of sp³-hybridized carbons (Fsp3) is 0.310. The van der Waals surface area contributed by atoms with Crippen LogP contribution in [0.3, 0.4) is 0 Å². The standard InChI is InChI=1S/C29H30F3N7O/c1-19-4-5-22(16-21(19)6-8-24-10-11-27(34)39(36-24)20(2)33)28(40)35-25-9-7-23(26(17-25)29(30,31)32)18-38-14-12-37(3)13-15-38/h4-5,7,9-11,16-17,33-34H,12-15,18H2,1-3H3,(H,35,40). The first-order chi connectivity index (χ1) is 18.9. The first-order valence-corrected chi connectivity index (χ1v) is 12.7. The number of rotatable bonds is 4. The van der Waals surface area contributed by atoms with Crippen LogP contribution in [0.4, 0.5) is 18.9 Å². The molecule has 2 aromatic carbocycles. The van der Waals surface area contributed by atoms with Crippen molar-refractivity contribution in [1.29, 1.82) is 10.8 Å². The minimum Gasteiger partial charge on any atom is -0.322 e. The van der Waals surface area contributed by atoms with E-state index < -0.39 is 17.6 Å². The summed E-state index contributed by atoms with van der Waals surface area (Å²) in [5, 5.41) is 22.3. The Morgan fingerprint density at radius 1 is 1.05 bits per heavy atom. The summed E-state index contributed by atoms with van der Waals surface area (Å²) < 4.78 is 42.9. The molecular formula is C29H30F3N7O. The first-order valence-electron chi connectivity index (χ1n) is 12.7. The third-order valence-electron chi connectivity index (χ3n) is 6.64. The Balaban J connectivity index is 1.54. The number of aromatic nitrogens is 2. The number of aryl methyl sites for hydroxylation is 1. The van der Waals surface area contributed by atoms with E-state index in [0.717, 1.165) is 29.4 Å². The van der Waals surface area contributed by atoms with Crippen LogP contribution >= 0.6 is 0 Å². The van der Waals surface area contributed by atoms with Crippen molar-refractivity contribution < 1.29 is 18.0 Å². The largest absolute Gasteiger partial charge is 0.416 e. The van der Waals surface area contributed by atoms with Crippen molar-refractivity contribution >= 4 is 17.4 Å². The Morgan fingerprint density at radius 3 is 2.45 bits per heavy atom. The summed E-state index contributed by atoms with van der Waals surface area (Å²) in [5.41, 5.74) is 1.44. The number of nitrogens with zero attached hydrogens (tertiary/aromatic N) is 4. The molecule has 1 aromatic heterocycles. The number of hydrogen-bond acceptors (Lipinski definition) is 6. The van der Waals surface area contributed by atoms with Crippen molar-refractivity contribution in [3.8, 4) is 11.8 Å². The van der Waals surface area contributed by atoms with Gasteiger partial charge in [-0.1, -0.05) is 18.1 Å². The minimum absolute atomic E-state index is 0.0499. The molecule has 0 aliphatic carbocycles. The Bertz CT molecular complexity index is 1560. The molecule has 0 spiro atoms. The van der Waals surface area contributed by atoms with Crippen LogP contribution in [-0.2, 0) is 12.7 Å². The maximum atomic E-state index is 13.9. The second-order valence-corrected chi connectivity index (χ2v) is 9.78. The molecule has 2 heterocycles. The number of nitrogens with one attached hydrogen (secondary N) is 3. The van der Waals surface area contributed by atoms with Crippen LogP contribution in [0.1, 0.15) is 45.2 Å². The first kappa shape index (κ1) is 28.7. The van der Waals surface area contributed by atoms with Crippen LogP contribution in [-0.4, -0.2) is 64.5 Å². The molecule has 0 saturated carbocycles. The molecular weight excluding hydrogens is 519 g/mol. The molecule has 4 rings (SSSR count). The second kappa shape index (κ2) is 11.9. The summed E-state index contributed by atoms with van der Waals surface area (Å²) in [6, 6.07) is 11.8. The van der Waals surface area contributed by atoms with E-state index in [1.54, 1.807) is 24.3 Å². The molecule has 0 atom stereocenters. The fourth-order valence-corrected chi connectivity index (χ4v) is 4.28. The third-order valence-corrected chi connectivity index (χ3v) is 6.64. The molecule has 8 nitrogen and oxygen atoms in total. The number of carbonyl (C=O) groups is 1. The maximum Gasteiger partial charge on any atom is 0.416 e. The van der Waals surface area contributed by atoms with Gasteiger partial charge in [0.15, 0.2) is 0 Å². The van der Waals surface area contributed by atoms with Crippen LogP contribution in [0.25, 0.3) is 0 Å². The van der Waals surface area contributed by atoms with E-state index in [4.69, 9.17) is 10.8 Å². The van der Waals surface area contributed by atoms with Crippen LogP contribution in [0.15, 0.2) is 48.5 Å². The normalized spacial score (nSPS) is 14.3. The van der Waals surface area contributed by atoms with Crippen LogP contribution in [0.5, 0.6) is 0 Å². The zero-order chi connectivity index (χ0) is 29.0. The van der Waals surface area contributed by atoms with Gasteiger partial charge in [-0.05, 0) is 74.3 Å². The lowest BCUT2D eigenvalue weighted by molar-refractivity contribution is -0.138. The van der Waals surface area contributed by atoms with Gasteiger partial charge in [0.1, 0.15) is 17.0 Å². The van der Waals surface area contributed by atoms with Crippen molar-refractivity contribution in [1.82, 2.24) is 19.6 Å². The predicted molar refractivity (Wildman–Crippen MR) is 146 cm³/mol. The van der Waals surface area contributed by atoms with Gasteiger partial charge in [-0.3, -0.25) is 20.5 Å². The van der Waals surface area contributed by atoms with Gasteiger partial charge in [-0.2, -0.15) is 18.3 Å². The molecule has 3 N–H and O–H groups in total. The van der Waals surface area contributed by atoms with Crippen LogP contribution in [0, 0.1) is 29.6 Å². The van der Waals surface area contributed by atoms with Gasteiger partial charge in [-0.25, -0.2) is 4.68 Å². The van der Waals surface area contributed by atoms with Crippen LogP contribution < -0.4 is 10.8 Å². The molecule has 1 amide bonds. The third kappa shape index (κ3) is 7.02. The van der Waals surface area contributed by atoms with Gasteiger partial charge in [0.25, 0.3) is 5.91 Å². The van der Waals surface area contributed by atoms with Crippen LogP contribution in [0.2, 0.25) is 0 Å². The van der Waals surface area contributed by atoms with Gasteiger partial charge < -0.3 is 10.2 Å². The number of piperazine rings is 1. The number of alkyl halides is 3. The predicted octanol–water partition coefficient (Wildman–Crippen LogP) is 3.93. The van der Waals surface area contributed by atoms with Crippen molar-refractivity contribution in [3.05, 3.63) is 87.5 Å². The van der Waals surface area contributed by atoms with E-state index in [1.165, 1.54) is 25.1 Å². The maximum absolute atomic E-state index is 13.9. The quantitative estimate of drug-likeness (QED) is 0.261. The number of likely N-dealkylation sites (N-methyl/N-ethyl adjacent to an activating group) is 1. The minimum atomic E-state index is -4.56. The Morgan fingerprint density at radius 2 is 1.77 bits per heavy atom. The van der Waals surface area contributed by atoms with E-state index in [-0.39, 0.29) is 34.7 Å². The number of anilines is 1. The van der Waals surface area contributed by atoms with E-state index in [1.807, 2.05) is 18.9 Å². The van der Waals surface area contributed by atoms with Gasteiger partial charge in [0.05, 0.1) is 5.56 Å². The number of halogens is 3. The Kier molecular flexibility index (Phi) is 8.52. The summed E-state index contributed by atoms with van der Waals surface area (Å²) in [6.45, 7) is 6.51. The average molecular weight is 550 g/mol. The van der Waals surface area contributed by atoms with Crippen molar-refractivity contribution in [2.45, 2.75) is 26.6 Å². The molecule has 0 unspecified atom stereocenters. The lowest BCUT2D eigenvalue weighted by Gasteiger charge is -2.33. The summed E-state index contributed by atoms with van der Waals surface area (Å²) in [7, 11) is 1.99. The topological polar surface area (TPSA) is 101 Å². The van der Waals surface area contributed by atoms with E-state index in [2.05, 4.69) is 27.2 Å². The van der Waals surface area contributed by atoms with E-state index in [0.29, 0.717) is 24.3 Å². The highest BCUT2D eigenvalue weighted by molar-refractivity contribution is 6.04. The number of hydrogen-bond donors (Lipinski definition) is 3. The van der Waals surface area contributed by atoms with Gasteiger partial charge >= 0.3 is 6.18 Å². The zero-order valence-electron chi connectivity index (χ0n) is 22.5. The molecule has 40 heavy (non-hydrogen) atoms. The highest BCUT2D eigenvalue weighted by Crippen LogP contribution is 2.34.